The van der Waals surface area contributed by atoms with Gasteiger partial charge in [-0.15, -0.1) is 0 Å². The van der Waals surface area contributed by atoms with Crippen LogP contribution in [0.2, 0.25) is 0 Å². The Bertz CT molecular complexity index is 314. The van der Waals surface area contributed by atoms with E-state index in [1.54, 1.807) is 31.2 Å². The molecule has 0 amide bonds. The van der Waals surface area contributed by atoms with E-state index in [2.05, 4.69) is 11.7 Å². The van der Waals surface area contributed by atoms with Gasteiger partial charge in [-0.25, -0.2) is 5.53 Å². The van der Waals surface area contributed by atoms with Gasteiger partial charge in [0.05, 0.1) is 11.8 Å². The van der Waals surface area contributed by atoms with Gasteiger partial charge in [0.2, 0.25) is 0 Å². The molecule has 0 aromatic heterocycles. The van der Waals surface area contributed by atoms with E-state index >= 15 is 0 Å². The van der Waals surface area contributed by atoms with E-state index in [-0.39, 0.29) is 0 Å². The Balaban J connectivity index is 2.93. The van der Waals surface area contributed by atoms with Gasteiger partial charge in [0.25, 0.3) is 0 Å². The summed E-state index contributed by atoms with van der Waals surface area (Å²) in [5, 5.41) is 12.5. The lowest BCUT2D eigenvalue weighted by molar-refractivity contribution is 0.199. The van der Waals surface area contributed by atoms with Crippen LogP contribution in [0, 0.1) is 5.53 Å². The fourth-order valence-corrected chi connectivity index (χ4v) is 1.02. The summed E-state index contributed by atoms with van der Waals surface area (Å²) in [5.74, 6) is 0. The molecule has 1 aromatic rings. The molecule has 13 heavy (non-hydrogen) atoms. The molecular weight excluding hydrogens is 164 g/mol. The first-order valence-corrected chi connectivity index (χ1v) is 4.00. The van der Waals surface area contributed by atoms with Crippen LogP contribution in [0.4, 0.5) is 0 Å². The lowest BCUT2D eigenvalue weighted by atomic mass is 10.1. The summed E-state index contributed by atoms with van der Waals surface area (Å²) in [4.78, 5) is 0. The maximum absolute atomic E-state index is 9.23. The minimum Gasteiger partial charge on any atom is -0.389 e. The molecule has 1 atom stereocenters. The normalized spacial score (nSPS) is 12.2. The molecule has 3 heteroatoms. The van der Waals surface area contributed by atoms with Gasteiger partial charge in [-0.05, 0) is 12.5 Å². The SMILES string of the molecule is C=C(N=N)c1ccc(C(C)O)cc1. The Hall–Kier alpha value is -1.48. The molecule has 0 saturated heterocycles. The van der Waals surface area contributed by atoms with Crippen LogP contribution in [0.1, 0.15) is 24.2 Å². The van der Waals surface area contributed by atoms with Gasteiger partial charge in [0.15, 0.2) is 0 Å². The highest BCUT2D eigenvalue weighted by Gasteiger charge is 2.01. The molecule has 1 unspecified atom stereocenters. The Labute approximate surface area is 77.2 Å². The number of aliphatic hydroxyl groups excluding tert-OH is 1. The van der Waals surface area contributed by atoms with Crippen LogP contribution in [-0.2, 0) is 0 Å². The van der Waals surface area contributed by atoms with Crippen LogP contribution in [-0.4, -0.2) is 5.11 Å². The Morgan fingerprint density at radius 2 is 2.00 bits per heavy atom. The van der Waals surface area contributed by atoms with Gasteiger partial charge < -0.3 is 5.11 Å². The number of hydrogen-bond donors (Lipinski definition) is 2. The molecule has 0 radical (unpaired) electrons. The van der Waals surface area contributed by atoms with Crippen LogP contribution in [0.3, 0.4) is 0 Å². The molecule has 1 rings (SSSR count). The largest absolute Gasteiger partial charge is 0.389 e. The highest BCUT2D eigenvalue weighted by Crippen LogP contribution is 2.17. The van der Waals surface area contributed by atoms with E-state index in [0.717, 1.165) is 11.1 Å². The topological polar surface area (TPSA) is 56.4 Å². The molecule has 0 fully saturated rings. The minimum absolute atomic E-state index is 0.428. The van der Waals surface area contributed by atoms with Crippen molar-refractivity contribution in [3.05, 3.63) is 42.0 Å². The fourth-order valence-electron chi connectivity index (χ4n) is 1.02. The molecule has 1 aromatic carbocycles. The molecule has 0 aliphatic carbocycles. The molecule has 2 N–H and O–H groups in total. The Kier molecular flexibility index (Phi) is 2.93. The van der Waals surface area contributed by atoms with Crippen molar-refractivity contribution in [3.63, 3.8) is 0 Å². The van der Waals surface area contributed by atoms with E-state index < -0.39 is 6.10 Å². The van der Waals surface area contributed by atoms with Gasteiger partial charge in [0.1, 0.15) is 0 Å². The second-order valence-electron chi connectivity index (χ2n) is 2.86. The molecule has 0 bridgehead atoms. The summed E-state index contributed by atoms with van der Waals surface area (Å²) >= 11 is 0. The minimum atomic E-state index is -0.463. The molecule has 68 valence electrons. The predicted molar refractivity (Wildman–Crippen MR) is 51.3 cm³/mol. The zero-order chi connectivity index (χ0) is 9.84. The van der Waals surface area contributed by atoms with Crippen LogP contribution in [0.25, 0.3) is 5.70 Å². The van der Waals surface area contributed by atoms with Crippen LogP contribution in [0.15, 0.2) is 36.0 Å². The van der Waals surface area contributed by atoms with E-state index in [9.17, 15) is 5.11 Å². The van der Waals surface area contributed by atoms with Crippen molar-refractivity contribution in [1.29, 1.82) is 5.53 Å². The predicted octanol–water partition coefficient (Wildman–Crippen LogP) is 2.74. The van der Waals surface area contributed by atoms with Gasteiger partial charge in [-0.3, -0.25) is 0 Å². The molecule has 0 aliphatic rings. The zero-order valence-electron chi connectivity index (χ0n) is 7.49. The summed E-state index contributed by atoms with van der Waals surface area (Å²) in [7, 11) is 0. The molecule has 0 aliphatic heterocycles. The van der Waals surface area contributed by atoms with Gasteiger partial charge in [-0.1, -0.05) is 30.8 Å². The van der Waals surface area contributed by atoms with Crippen LogP contribution >= 0.6 is 0 Å². The quantitative estimate of drug-likeness (QED) is 0.683. The summed E-state index contributed by atoms with van der Waals surface area (Å²) in [5.41, 5.74) is 8.84. The van der Waals surface area contributed by atoms with Crippen LogP contribution < -0.4 is 0 Å². The van der Waals surface area contributed by atoms with Gasteiger partial charge in [-0.2, -0.15) is 5.11 Å². The molecular formula is C10H12N2O. The lowest BCUT2D eigenvalue weighted by Gasteiger charge is -2.04. The van der Waals surface area contributed by atoms with E-state index in [1.165, 1.54) is 0 Å². The van der Waals surface area contributed by atoms with Gasteiger partial charge in [0, 0.05) is 5.56 Å². The van der Waals surface area contributed by atoms with E-state index in [1.807, 2.05) is 0 Å². The second-order valence-corrected chi connectivity index (χ2v) is 2.86. The number of benzene rings is 1. The van der Waals surface area contributed by atoms with E-state index in [4.69, 9.17) is 5.53 Å². The highest BCUT2D eigenvalue weighted by molar-refractivity contribution is 5.61. The number of aliphatic hydroxyl groups is 1. The van der Waals surface area contributed by atoms with Crippen molar-refractivity contribution in [3.8, 4) is 0 Å². The van der Waals surface area contributed by atoms with Crippen molar-refractivity contribution < 1.29 is 5.11 Å². The standard InChI is InChI=1S/C10H12N2O/c1-7(12-11)9-3-5-10(6-4-9)8(2)13/h3-6,8,11,13H,1H2,2H3. The van der Waals surface area contributed by atoms with E-state index in [0.29, 0.717) is 5.70 Å². The Morgan fingerprint density at radius 3 is 2.38 bits per heavy atom. The third kappa shape index (κ3) is 2.23. The second kappa shape index (κ2) is 3.96. The number of nitrogens with zero attached hydrogens (tertiary/aromatic N) is 1. The summed E-state index contributed by atoms with van der Waals surface area (Å²) < 4.78 is 0. The average Bonchev–Trinajstić information content (AvgIpc) is 2.17. The fraction of sp³-hybridized carbons (Fsp3) is 0.200. The van der Waals surface area contributed by atoms with Crippen molar-refractivity contribution in [1.82, 2.24) is 0 Å². The summed E-state index contributed by atoms with van der Waals surface area (Å²) in [6.45, 7) is 5.31. The Morgan fingerprint density at radius 1 is 1.46 bits per heavy atom. The first-order chi connectivity index (χ1) is 6.15. The maximum atomic E-state index is 9.23. The van der Waals surface area contributed by atoms with Crippen molar-refractivity contribution >= 4 is 5.70 Å². The molecule has 3 nitrogen and oxygen atoms in total. The molecule has 0 heterocycles. The van der Waals surface area contributed by atoms with Gasteiger partial charge >= 0.3 is 0 Å². The first kappa shape index (κ1) is 9.61. The average molecular weight is 176 g/mol. The zero-order valence-corrected chi connectivity index (χ0v) is 7.49. The number of nitrogens with one attached hydrogen (secondary N) is 1. The number of rotatable bonds is 3. The van der Waals surface area contributed by atoms with Crippen molar-refractivity contribution in [2.45, 2.75) is 13.0 Å². The third-order valence-corrected chi connectivity index (χ3v) is 1.86. The van der Waals surface area contributed by atoms with Crippen molar-refractivity contribution in [2.24, 2.45) is 5.11 Å². The highest BCUT2D eigenvalue weighted by atomic mass is 16.3. The molecule has 0 spiro atoms. The summed E-state index contributed by atoms with van der Waals surface area (Å²) in [6.07, 6.45) is -0.463. The smallest absolute Gasteiger partial charge is 0.0850 e. The lowest BCUT2D eigenvalue weighted by Crippen LogP contribution is -1.90. The maximum Gasteiger partial charge on any atom is 0.0850 e. The number of hydrogen-bond acceptors (Lipinski definition) is 3. The van der Waals surface area contributed by atoms with Crippen molar-refractivity contribution in [2.75, 3.05) is 0 Å². The summed E-state index contributed by atoms with van der Waals surface area (Å²) in [6, 6.07) is 7.19. The monoisotopic (exact) mass is 176 g/mol. The first-order valence-electron chi connectivity index (χ1n) is 4.00. The van der Waals surface area contributed by atoms with Crippen LogP contribution in [0.5, 0.6) is 0 Å². The third-order valence-electron chi connectivity index (χ3n) is 1.86. The molecule has 0 saturated carbocycles.